The zero-order chi connectivity index (χ0) is 26.4. The van der Waals surface area contributed by atoms with Crippen LogP contribution in [0.5, 0.6) is 0 Å². The van der Waals surface area contributed by atoms with Crippen molar-refractivity contribution in [2.75, 3.05) is 20.1 Å². The Kier molecular flexibility index (Phi) is 19.0. The minimum atomic E-state index is -0.434. The first kappa shape index (κ1) is 32.2. The average Bonchev–Trinajstić information content (AvgIpc) is 2.90. The highest BCUT2D eigenvalue weighted by Crippen LogP contribution is 2.16. The number of likely N-dealkylation sites (N-methyl/N-ethyl adjacent to an activating group) is 2. The maximum Gasteiger partial charge on any atom is 0.245 e. The Bertz CT molecular complexity index is 672. The van der Waals surface area contributed by atoms with Crippen molar-refractivity contribution in [3.8, 4) is 0 Å². The summed E-state index contributed by atoms with van der Waals surface area (Å²) in [7, 11) is 1.81. The Labute approximate surface area is 223 Å². The van der Waals surface area contributed by atoms with Crippen molar-refractivity contribution in [3.63, 3.8) is 0 Å². The lowest BCUT2D eigenvalue weighted by atomic mass is 10.0. The maximum atomic E-state index is 13.2. The fourth-order valence-corrected chi connectivity index (χ4v) is 4.97. The molecule has 0 N–H and O–H groups in total. The molecule has 2 amide bonds. The number of benzene rings is 1. The highest BCUT2D eigenvalue weighted by Gasteiger charge is 2.29. The average molecular weight is 501 g/mol. The quantitative estimate of drug-likeness (QED) is 0.151. The van der Waals surface area contributed by atoms with Crippen LogP contribution in [0.4, 0.5) is 0 Å². The van der Waals surface area contributed by atoms with Crippen LogP contribution >= 0.6 is 0 Å². The van der Waals surface area contributed by atoms with E-state index in [2.05, 4.69) is 6.92 Å². The number of unbranched alkanes of at least 4 members (excludes halogenated alkanes) is 14. The Balaban J connectivity index is 2.24. The van der Waals surface area contributed by atoms with E-state index < -0.39 is 6.04 Å². The van der Waals surface area contributed by atoms with Gasteiger partial charge in [-0.3, -0.25) is 9.59 Å². The fourth-order valence-electron chi connectivity index (χ4n) is 4.97. The summed E-state index contributed by atoms with van der Waals surface area (Å²) in [5.74, 6) is 0.141. The molecule has 0 radical (unpaired) electrons. The summed E-state index contributed by atoms with van der Waals surface area (Å²) in [6.45, 7) is 7.61. The van der Waals surface area contributed by atoms with E-state index in [4.69, 9.17) is 0 Å². The van der Waals surface area contributed by atoms with E-state index in [1.165, 1.54) is 83.5 Å². The smallest absolute Gasteiger partial charge is 0.245 e. The molecule has 0 aliphatic carbocycles. The Hall–Kier alpha value is -1.84. The van der Waals surface area contributed by atoms with Crippen molar-refractivity contribution < 1.29 is 9.59 Å². The van der Waals surface area contributed by atoms with Gasteiger partial charge in [-0.1, -0.05) is 127 Å². The Morgan fingerprint density at radius 1 is 0.667 bits per heavy atom. The molecule has 1 aromatic carbocycles. The van der Waals surface area contributed by atoms with E-state index in [0.29, 0.717) is 25.9 Å². The van der Waals surface area contributed by atoms with E-state index in [1.807, 2.05) is 56.1 Å². The molecular formula is C32H56N2O2. The molecule has 0 bridgehead atoms. The summed E-state index contributed by atoms with van der Waals surface area (Å²) < 4.78 is 0. The lowest BCUT2D eigenvalue weighted by molar-refractivity contribution is -0.144. The van der Waals surface area contributed by atoms with Crippen LogP contribution in [-0.4, -0.2) is 47.8 Å². The van der Waals surface area contributed by atoms with E-state index >= 15 is 0 Å². The van der Waals surface area contributed by atoms with E-state index in [1.54, 1.807) is 4.90 Å². The monoisotopic (exact) mass is 500 g/mol. The van der Waals surface area contributed by atoms with Gasteiger partial charge in [-0.15, -0.1) is 0 Å². The normalized spacial score (nSPS) is 11.9. The van der Waals surface area contributed by atoms with Gasteiger partial charge < -0.3 is 9.80 Å². The van der Waals surface area contributed by atoms with E-state index in [9.17, 15) is 9.59 Å². The second-order valence-electron chi connectivity index (χ2n) is 10.4. The SMILES string of the molecule is CCCCCCCCCCCCCCCCCC(=O)N(C)[C@H](Cc1ccccc1)C(=O)N(CC)CC. The van der Waals surface area contributed by atoms with Crippen LogP contribution in [0.1, 0.15) is 129 Å². The molecule has 1 rings (SSSR count). The predicted octanol–water partition coefficient (Wildman–Crippen LogP) is 8.19. The standard InChI is InChI=1S/C32H56N2O2/c1-5-8-9-10-11-12-13-14-15-16-17-18-19-20-24-27-31(35)33(4)30(32(36)34(6-2)7-3)28-29-25-22-21-23-26-29/h21-23,25-26,30H,5-20,24,27-28H2,1-4H3/t30-/m1/s1. The number of carbonyl (C=O) groups is 2. The summed E-state index contributed by atoms with van der Waals surface area (Å²) in [4.78, 5) is 29.7. The van der Waals surface area contributed by atoms with Crippen molar-refractivity contribution in [3.05, 3.63) is 35.9 Å². The first-order valence-electron chi connectivity index (χ1n) is 15.1. The molecule has 0 aliphatic rings. The maximum absolute atomic E-state index is 13.2. The van der Waals surface area contributed by atoms with Crippen molar-refractivity contribution in [1.29, 1.82) is 0 Å². The van der Waals surface area contributed by atoms with Crippen LogP contribution in [0.2, 0.25) is 0 Å². The van der Waals surface area contributed by atoms with Gasteiger partial charge in [-0.2, -0.15) is 0 Å². The molecule has 0 aromatic heterocycles. The van der Waals surface area contributed by atoms with Gasteiger partial charge in [0, 0.05) is 33.0 Å². The molecular weight excluding hydrogens is 444 g/mol. The van der Waals surface area contributed by atoms with Crippen LogP contribution in [0.3, 0.4) is 0 Å². The summed E-state index contributed by atoms with van der Waals surface area (Å²) in [5, 5.41) is 0. The van der Waals surface area contributed by atoms with Crippen molar-refractivity contribution in [2.24, 2.45) is 0 Å². The first-order valence-corrected chi connectivity index (χ1v) is 15.1. The number of amides is 2. The summed E-state index contributed by atoms with van der Waals surface area (Å²) in [6.07, 6.45) is 20.9. The first-order chi connectivity index (χ1) is 17.5. The van der Waals surface area contributed by atoms with Gasteiger partial charge in [0.2, 0.25) is 11.8 Å². The lowest BCUT2D eigenvalue weighted by Gasteiger charge is -2.32. The molecule has 0 aliphatic heterocycles. The number of hydrogen-bond acceptors (Lipinski definition) is 2. The van der Waals surface area contributed by atoms with Gasteiger partial charge in [0.05, 0.1) is 0 Å². The highest BCUT2D eigenvalue weighted by atomic mass is 16.2. The van der Waals surface area contributed by atoms with Gasteiger partial charge in [-0.05, 0) is 25.8 Å². The predicted molar refractivity (Wildman–Crippen MR) is 154 cm³/mol. The van der Waals surface area contributed by atoms with Gasteiger partial charge >= 0.3 is 0 Å². The third kappa shape index (κ3) is 14.0. The molecule has 1 aromatic rings. The lowest BCUT2D eigenvalue weighted by Crippen LogP contribution is -2.50. The Morgan fingerprint density at radius 2 is 1.11 bits per heavy atom. The molecule has 0 spiro atoms. The fraction of sp³-hybridized carbons (Fsp3) is 0.750. The summed E-state index contributed by atoms with van der Waals surface area (Å²) >= 11 is 0. The largest absolute Gasteiger partial charge is 0.341 e. The second-order valence-corrected chi connectivity index (χ2v) is 10.4. The van der Waals surface area contributed by atoms with Crippen LogP contribution in [-0.2, 0) is 16.0 Å². The van der Waals surface area contributed by atoms with Crippen LogP contribution in [0.15, 0.2) is 30.3 Å². The number of carbonyl (C=O) groups excluding carboxylic acids is 2. The van der Waals surface area contributed by atoms with Crippen LogP contribution in [0, 0.1) is 0 Å². The number of nitrogens with zero attached hydrogens (tertiary/aromatic N) is 2. The summed E-state index contributed by atoms with van der Waals surface area (Å²) in [5.41, 5.74) is 1.09. The number of rotatable bonds is 22. The third-order valence-corrected chi connectivity index (χ3v) is 7.49. The molecule has 0 heterocycles. The second kappa shape index (κ2) is 21.3. The molecule has 0 saturated carbocycles. The van der Waals surface area contributed by atoms with E-state index in [0.717, 1.165) is 18.4 Å². The number of hydrogen-bond donors (Lipinski definition) is 0. The zero-order valence-corrected chi connectivity index (χ0v) is 24.1. The van der Waals surface area contributed by atoms with Crippen molar-refractivity contribution in [1.82, 2.24) is 9.80 Å². The molecule has 0 saturated heterocycles. The third-order valence-electron chi connectivity index (χ3n) is 7.49. The molecule has 0 fully saturated rings. The van der Waals surface area contributed by atoms with Gasteiger partial charge in [0.15, 0.2) is 0 Å². The van der Waals surface area contributed by atoms with E-state index in [-0.39, 0.29) is 11.8 Å². The summed E-state index contributed by atoms with van der Waals surface area (Å²) in [6, 6.07) is 9.61. The Morgan fingerprint density at radius 3 is 1.56 bits per heavy atom. The van der Waals surface area contributed by atoms with Gasteiger partial charge in [0.1, 0.15) is 6.04 Å². The molecule has 0 unspecified atom stereocenters. The van der Waals surface area contributed by atoms with Gasteiger partial charge in [-0.25, -0.2) is 0 Å². The molecule has 4 heteroatoms. The molecule has 206 valence electrons. The molecule has 4 nitrogen and oxygen atoms in total. The minimum absolute atomic E-state index is 0.0520. The van der Waals surface area contributed by atoms with Crippen molar-refractivity contribution >= 4 is 11.8 Å². The molecule has 1 atom stereocenters. The molecule has 36 heavy (non-hydrogen) atoms. The van der Waals surface area contributed by atoms with Crippen LogP contribution < -0.4 is 0 Å². The van der Waals surface area contributed by atoms with Crippen LogP contribution in [0.25, 0.3) is 0 Å². The topological polar surface area (TPSA) is 40.6 Å². The highest BCUT2D eigenvalue weighted by molar-refractivity contribution is 5.87. The van der Waals surface area contributed by atoms with Gasteiger partial charge in [0.25, 0.3) is 0 Å². The van der Waals surface area contributed by atoms with Crippen molar-refractivity contribution in [2.45, 2.75) is 136 Å². The zero-order valence-electron chi connectivity index (χ0n) is 24.1. The minimum Gasteiger partial charge on any atom is -0.341 e.